The Labute approximate surface area is 187 Å². The second-order valence-electron chi connectivity index (χ2n) is 7.13. The third-order valence-corrected chi connectivity index (χ3v) is 6.08. The van der Waals surface area contributed by atoms with Gasteiger partial charge in [0.1, 0.15) is 11.6 Å². The Hall–Kier alpha value is -3.52. The summed E-state index contributed by atoms with van der Waals surface area (Å²) in [5.41, 5.74) is 1.90. The number of rotatable bonds is 5. The van der Waals surface area contributed by atoms with Crippen molar-refractivity contribution in [2.24, 2.45) is 4.99 Å². The Bertz CT molecular complexity index is 1390. The number of aromatic nitrogens is 1. The van der Waals surface area contributed by atoms with Crippen molar-refractivity contribution < 1.29 is 18.7 Å². The standard InChI is InChI=1S/C24H21FN2O4S/c1-4-31-23(29)20-14(2)26-24-27(21(20)16-6-5-7-18(13-16)30-3)22(28)19(32-24)12-15-8-10-17(25)11-9-15/h5-13,21H,4H2,1-3H3/b19-12-. The number of benzene rings is 2. The summed E-state index contributed by atoms with van der Waals surface area (Å²) in [5, 5.41) is 0. The monoisotopic (exact) mass is 452 g/mol. The summed E-state index contributed by atoms with van der Waals surface area (Å²) in [5.74, 6) is -0.264. The van der Waals surface area contributed by atoms with Crippen LogP contribution in [0.1, 0.15) is 31.0 Å². The van der Waals surface area contributed by atoms with Gasteiger partial charge in [-0.15, -0.1) is 0 Å². The Morgan fingerprint density at radius 1 is 1.25 bits per heavy atom. The zero-order valence-electron chi connectivity index (χ0n) is 17.8. The van der Waals surface area contributed by atoms with Crippen molar-refractivity contribution in [1.29, 1.82) is 0 Å². The molecule has 0 N–H and O–H groups in total. The Balaban J connectivity index is 1.96. The summed E-state index contributed by atoms with van der Waals surface area (Å²) >= 11 is 1.22. The van der Waals surface area contributed by atoms with Crippen molar-refractivity contribution >= 4 is 23.4 Å². The van der Waals surface area contributed by atoms with E-state index in [0.29, 0.717) is 37.5 Å². The Kier molecular flexibility index (Phi) is 6.05. The molecule has 0 spiro atoms. The van der Waals surface area contributed by atoms with Gasteiger partial charge in [0.05, 0.1) is 35.6 Å². The zero-order chi connectivity index (χ0) is 22.8. The molecule has 32 heavy (non-hydrogen) atoms. The van der Waals surface area contributed by atoms with Crippen molar-refractivity contribution in [3.8, 4) is 5.75 Å². The van der Waals surface area contributed by atoms with Crippen molar-refractivity contribution in [3.63, 3.8) is 0 Å². The lowest BCUT2D eigenvalue weighted by molar-refractivity contribution is -0.139. The summed E-state index contributed by atoms with van der Waals surface area (Å²) in [4.78, 5) is 31.3. The fourth-order valence-corrected chi connectivity index (χ4v) is 4.68. The second-order valence-corrected chi connectivity index (χ2v) is 8.14. The van der Waals surface area contributed by atoms with Crippen LogP contribution in [0.2, 0.25) is 0 Å². The summed E-state index contributed by atoms with van der Waals surface area (Å²) in [7, 11) is 1.56. The molecule has 6 nitrogen and oxygen atoms in total. The van der Waals surface area contributed by atoms with Crippen LogP contribution in [0.4, 0.5) is 4.39 Å². The van der Waals surface area contributed by atoms with Crippen LogP contribution in [-0.4, -0.2) is 24.3 Å². The molecule has 0 aliphatic carbocycles. The normalized spacial score (nSPS) is 15.9. The van der Waals surface area contributed by atoms with E-state index in [1.54, 1.807) is 57.4 Å². The first-order valence-electron chi connectivity index (χ1n) is 10.0. The molecular weight excluding hydrogens is 431 g/mol. The van der Waals surface area contributed by atoms with Gasteiger partial charge in [-0.05, 0) is 55.3 Å². The SMILES string of the molecule is CCOC(=O)C1=C(C)N=c2s/c(=C\c3ccc(F)cc3)c(=O)n2C1c1cccc(OC)c1. The molecule has 1 aliphatic rings. The summed E-state index contributed by atoms with van der Waals surface area (Å²) in [6, 6.07) is 12.4. The minimum Gasteiger partial charge on any atom is -0.497 e. The fourth-order valence-electron chi connectivity index (χ4n) is 3.63. The van der Waals surface area contributed by atoms with Gasteiger partial charge in [0.25, 0.3) is 5.56 Å². The summed E-state index contributed by atoms with van der Waals surface area (Å²) in [6.45, 7) is 3.66. The van der Waals surface area contributed by atoms with Gasteiger partial charge in [0.2, 0.25) is 0 Å². The maximum absolute atomic E-state index is 13.5. The first kappa shape index (κ1) is 21.7. The lowest BCUT2D eigenvalue weighted by Crippen LogP contribution is -2.39. The summed E-state index contributed by atoms with van der Waals surface area (Å²) in [6.07, 6.45) is 1.69. The van der Waals surface area contributed by atoms with Gasteiger partial charge >= 0.3 is 5.97 Å². The molecule has 1 aromatic heterocycles. The van der Waals surface area contributed by atoms with Gasteiger partial charge in [-0.25, -0.2) is 14.2 Å². The van der Waals surface area contributed by atoms with Crippen LogP contribution in [0.25, 0.3) is 6.08 Å². The number of hydrogen-bond donors (Lipinski definition) is 0. The predicted octanol–water partition coefficient (Wildman–Crippen LogP) is 2.95. The molecule has 0 bridgehead atoms. The minimum atomic E-state index is -0.712. The van der Waals surface area contributed by atoms with Gasteiger partial charge < -0.3 is 9.47 Å². The van der Waals surface area contributed by atoms with E-state index in [0.717, 1.165) is 0 Å². The van der Waals surface area contributed by atoms with E-state index < -0.39 is 12.0 Å². The van der Waals surface area contributed by atoms with Crippen LogP contribution < -0.4 is 19.6 Å². The molecule has 0 saturated carbocycles. The van der Waals surface area contributed by atoms with E-state index >= 15 is 0 Å². The molecule has 0 radical (unpaired) electrons. The van der Waals surface area contributed by atoms with E-state index in [1.807, 2.05) is 6.07 Å². The third kappa shape index (κ3) is 4.01. The van der Waals surface area contributed by atoms with E-state index in [4.69, 9.17) is 9.47 Å². The molecule has 3 aromatic rings. The van der Waals surface area contributed by atoms with Crippen LogP contribution in [0, 0.1) is 5.82 Å². The first-order valence-corrected chi connectivity index (χ1v) is 10.8. The number of methoxy groups -OCH3 is 1. The highest BCUT2D eigenvalue weighted by Crippen LogP contribution is 2.32. The Morgan fingerprint density at radius 3 is 2.69 bits per heavy atom. The van der Waals surface area contributed by atoms with E-state index in [2.05, 4.69) is 4.99 Å². The highest BCUT2D eigenvalue weighted by Gasteiger charge is 2.33. The van der Waals surface area contributed by atoms with Crippen LogP contribution in [0.3, 0.4) is 0 Å². The van der Waals surface area contributed by atoms with Gasteiger partial charge in [0.15, 0.2) is 4.80 Å². The van der Waals surface area contributed by atoms with Crippen molar-refractivity contribution in [2.45, 2.75) is 19.9 Å². The number of halogens is 1. The zero-order valence-corrected chi connectivity index (χ0v) is 18.6. The third-order valence-electron chi connectivity index (χ3n) is 5.09. The molecule has 0 amide bonds. The molecule has 4 rings (SSSR count). The molecule has 1 unspecified atom stereocenters. The average Bonchev–Trinajstić information content (AvgIpc) is 3.09. The molecule has 164 valence electrons. The molecule has 1 aliphatic heterocycles. The first-order chi connectivity index (χ1) is 15.4. The topological polar surface area (TPSA) is 69.9 Å². The lowest BCUT2D eigenvalue weighted by Gasteiger charge is -2.25. The van der Waals surface area contributed by atoms with E-state index in [1.165, 1.54) is 28.0 Å². The van der Waals surface area contributed by atoms with Gasteiger partial charge in [-0.1, -0.05) is 35.6 Å². The smallest absolute Gasteiger partial charge is 0.338 e. The largest absolute Gasteiger partial charge is 0.497 e. The van der Waals surface area contributed by atoms with Gasteiger partial charge in [-0.3, -0.25) is 9.36 Å². The fraction of sp³-hybridized carbons (Fsp3) is 0.208. The highest BCUT2D eigenvalue weighted by atomic mass is 32.1. The summed E-state index contributed by atoms with van der Waals surface area (Å²) < 4.78 is 25.8. The molecular formula is C24H21FN2O4S. The lowest BCUT2D eigenvalue weighted by atomic mass is 9.95. The number of allylic oxidation sites excluding steroid dienone is 1. The van der Waals surface area contributed by atoms with Crippen LogP contribution in [-0.2, 0) is 9.53 Å². The average molecular weight is 453 g/mol. The molecule has 2 heterocycles. The molecule has 0 saturated heterocycles. The minimum absolute atomic E-state index is 0.204. The molecule has 8 heteroatoms. The van der Waals surface area contributed by atoms with Crippen LogP contribution >= 0.6 is 11.3 Å². The second kappa shape index (κ2) is 8.92. The van der Waals surface area contributed by atoms with Gasteiger partial charge in [-0.2, -0.15) is 0 Å². The quantitative estimate of drug-likeness (QED) is 0.558. The van der Waals surface area contributed by atoms with Crippen LogP contribution in [0.15, 0.2) is 69.6 Å². The number of thiazole rings is 1. The Morgan fingerprint density at radius 2 is 2.00 bits per heavy atom. The number of esters is 1. The van der Waals surface area contributed by atoms with Crippen molar-refractivity contribution in [3.05, 3.63) is 96.4 Å². The number of hydrogen-bond acceptors (Lipinski definition) is 6. The number of carbonyl (C=O) groups is 1. The maximum Gasteiger partial charge on any atom is 0.338 e. The number of ether oxygens (including phenoxy) is 2. The highest BCUT2D eigenvalue weighted by molar-refractivity contribution is 7.07. The molecule has 1 atom stereocenters. The van der Waals surface area contributed by atoms with E-state index in [9.17, 15) is 14.0 Å². The number of carbonyl (C=O) groups excluding carboxylic acids is 1. The number of fused-ring (bicyclic) bond motifs is 1. The van der Waals surface area contributed by atoms with Crippen molar-refractivity contribution in [1.82, 2.24) is 4.57 Å². The van der Waals surface area contributed by atoms with Crippen molar-refractivity contribution in [2.75, 3.05) is 13.7 Å². The molecule has 0 fully saturated rings. The molecule has 2 aromatic carbocycles. The van der Waals surface area contributed by atoms with Gasteiger partial charge in [0, 0.05) is 0 Å². The number of nitrogens with zero attached hydrogens (tertiary/aromatic N) is 2. The predicted molar refractivity (Wildman–Crippen MR) is 120 cm³/mol. The van der Waals surface area contributed by atoms with Crippen LogP contribution in [0.5, 0.6) is 5.75 Å². The maximum atomic E-state index is 13.5. The van der Waals surface area contributed by atoms with E-state index in [-0.39, 0.29) is 18.0 Å².